The van der Waals surface area contributed by atoms with Crippen LogP contribution in [0.5, 0.6) is 0 Å². The first kappa shape index (κ1) is 21.1. The van der Waals surface area contributed by atoms with Gasteiger partial charge in [-0.15, -0.1) is 11.3 Å². The van der Waals surface area contributed by atoms with Gasteiger partial charge in [0, 0.05) is 11.7 Å². The normalized spacial score (nSPS) is 13.1. The molecule has 2 aromatic carbocycles. The monoisotopic (exact) mass is 409 g/mol. The molecule has 0 aliphatic rings. The van der Waals surface area contributed by atoms with E-state index in [9.17, 15) is 9.59 Å². The minimum atomic E-state index is -0.596. The second-order valence-electron chi connectivity index (χ2n) is 7.36. The minimum Gasteiger partial charge on any atom is -0.459 e. The summed E-state index contributed by atoms with van der Waals surface area (Å²) in [7, 11) is 1.71. The van der Waals surface area contributed by atoms with E-state index in [1.54, 1.807) is 23.3 Å². The van der Waals surface area contributed by atoms with Crippen molar-refractivity contribution in [3.05, 3.63) is 71.1 Å². The predicted molar refractivity (Wildman–Crippen MR) is 118 cm³/mol. The van der Waals surface area contributed by atoms with Crippen LogP contribution in [0.2, 0.25) is 0 Å². The molecule has 0 fully saturated rings. The van der Waals surface area contributed by atoms with E-state index in [4.69, 9.17) is 4.74 Å². The first-order chi connectivity index (χ1) is 14.0. The summed E-state index contributed by atoms with van der Waals surface area (Å²) >= 11 is 1.64. The van der Waals surface area contributed by atoms with E-state index in [1.807, 2.05) is 67.8 Å². The van der Waals surface area contributed by atoms with Crippen LogP contribution in [-0.2, 0) is 27.4 Å². The smallest absolute Gasteiger partial charge is 0.329 e. The average molecular weight is 410 g/mol. The van der Waals surface area contributed by atoms with Gasteiger partial charge in [0.05, 0.1) is 6.42 Å². The molecule has 0 N–H and O–H groups in total. The summed E-state index contributed by atoms with van der Waals surface area (Å²) in [6.45, 7) is 4.22. The second kappa shape index (κ2) is 9.70. The van der Waals surface area contributed by atoms with Crippen molar-refractivity contribution in [1.29, 1.82) is 0 Å². The number of thiophene rings is 1. The molecule has 1 heterocycles. The number of likely N-dealkylation sites (N-methyl/N-ethyl adjacent to an activating group) is 1. The van der Waals surface area contributed by atoms with Crippen LogP contribution in [0.1, 0.15) is 31.4 Å². The highest BCUT2D eigenvalue weighted by Gasteiger charge is 2.32. The summed E-state index contributed by atoms with van der Waals surface area (Å²) in [5.74, 6) is -0.420. The van der Waals surface area contributed by atoms with Crippen molar-refractivity contribution in [2.75, 3.05) is 7.05 Å². The van der Waals surface area contributed by atoms with Crippen LogP contribution in [0.25, 0.3) is 10.1 Å². The van der Waals surface area contributed by atoms with Crippen LogP contribution in [0, 0.1) is 5.92 Å². The Bertz CT molecular complexity index is 966. The van der Waals surface area contributed by atoms with Crippen LogP contribution < -0.4 is 0 Å². The van der Waals surface area contributed by atoms with Crippen molar-refractivity contribution in [2.45, 2.75) is 39.3 Å². The Labute approximate surface area is 176 Å². The molecule has 29 heavy (non-hydrogen) atoms. The first-order valence-electron chi connectivity index (χ1n) is 9.92. The summed E-state index contributed by atoms with van der Waals surface area (Å²) in [6.07, 6.45) is 1.06. The molecule has 1 amide bonds. The molecular formula is C24H27NO3S. The van der Waals surface area contributed by atoms with Crippen LogP contribution in [0.3, 0.4) is 0 Å². The Morgan fingerprint density at radius 1 is 1.07 bits per heavy atom. The van der Waals surface area contributed by atoms with Crippen LogP contribution in [-0.4, -0.2) is 29.9 Å². The van der Waals surface area contributed by atoms with Gasteiger partial charge >= 0.3 is 5.97 Å². The Morgan fingerprint density at radius 3 is 2.48 bits per heavy atom. The SMILES string of the molecule is CCC(C)C(C(=O)OCc1ccccc1)N(C)C(=O)Cc1csc2ccccc12. The molecule has 0 spiro atoms. The van der Waals surface area contributed by atoms with Crippen molar-refractivity contribution in [1.82, 2.24) is 4.90 Å². The second-order valence-corrected chi connectivity index (χ2v) is 8.27. The Hall–Kier alpha value is -2.66. The van der Waals surface area contributed by atoms with Crippen LogP contribution in [0.15, 0.2) is 60.0 Å². The molecule has 1 aromatic heterocycles. The number of amides is 1. The van der Waals surface area contributed by atoms with E-state index in [-0.39, 0.29) is 30.8 Å². The van der Waals surface area contributed by atoms with Crippen molar-refractivity contribution < 1.29 is 14.3 Å². The summed E-state index contributed by atoms with van der Waals surface area (Å²) < 4.78 is 6.72. The van der Waals surface area contributed by atoms with Gasteiger partial charge in [0.25, 0.3) is 0 Å². The molecule has 0 aliphatic heterocycles. The molecule has 4 nitrogen and oxygen atoms in total. The molecule has 0 saturated heterocycles. The molecule has 3 rings (SSSR count). The number of ether oxygens (including phenoxy) is 1. The number of fused-ring (bicyclic) bond motifs is 1. The van der Waals surface area contributed by atoms with Crippen molar-refractivity contribution in [3.63, 3.8) is 0 Å². The number of carbonyl (C=O) groups excluding carboxylic acids is 2. The topological polar surface area (TPSA) is 46.6 Å². The Balaban J connectivity index is 1.71. The van der Waals surface area contributed by atoms with Gasteiger partial charge in [-0.2, -0.15) is 0 Å². The molecule has 0 bridgehead atoms. The van der Waals surface area contributed by atoms with Crippen LogP contribution >= 0.6 is 11.3 Å². The predicted octanol–water partition coefficient (Wildman–Crippen LogP) is 5.06. The van der Waals surface area contributed by atoms with Gasteiger partial charge in [0.1, 0.15) is 12.6 Å². The van der Waals surface area contributed by atoms with E-state index < -0.39 is 6.04 Å². The fourth-order valence-electron chi connectivity index (χ4n) is 3.42. The Kier molecular flexibility index (Phi) is 7.04. The highest BCUT2D eigenvalue weighted by atomic mass is 32.1. The maximum atomic E-state index is 13.0. The van der Waals surface area contributed by atoms with Gasteiger partial charge in [-0.05, 0) is 33.9 Å². The number of hydrogen-bond acceptors (Lipinski definition) is 4. The number of carbonyl (C=O) groups is 2. The molecule has 3 aromatic rings. The highest BCUT2D eigenvalue weighted by molar-refractivity contribution is 7.17. The first-order valence-corrected chi connectivity index (χ1v) is 10.8. The summed E-state index contributed by atoms with van der Waals surface area (Å²) in [4.78, 5) is 27.4. The van der Waals surface area contributed by atoms with Gasteiger partial charge < -0.3 is 9.64 Å². The summed E-state index contributed by atoms with van der Waals surface area (Å²) in [5, 5.41) is 3.13. The third-order valence-corrected chi connectivity index (χ3v) is 6.37. The van der Waals surface area contributed by atoms with Gasteiger partial charge in [-0.1, -0.05) is 68.8 Å². The van der Waals surface area contributed by atoms with E-state index in [0.717, 1.165) is 22.9 Å². The van der Waals surface area contributed by atoms with Crippen molar-refractivity contribution in [2.24, 2.45) is 5.92 Å². The van der Waals surface area contributed by atoms with E-state index >= 15 is 0 Å². The van der Waals surface area contributed by atoms with Gasteiger partial charge in [0.15, 0.2) is 0 Å². The van der Waals surface area contributed by atoms with E-state index in [1.165, 1.54) is 4.70 Å². The van der Waals surface area contributed by atoms with Gasteiger partial charge in [0.2, 0.25) is 5.91 Å². The number of esters is 1. The fourth-order valence-corrected chi connectivity index (χ4v) is 4.38. The molecule has 5 heteroatoms. The molecule has 2 atom stereocenters. The van der Waals surface area contributed by atoms with Gasteiger partial charge in [-0.25, -0.2) is 4.79 Å². The lowest BCUT2D eigenvalue weighted by molar-refractivity contribution is -0.157. The Morgan fingerprint density at radius 2 is 1.76 bits per heavy atom. The molecule has 152 valence electrons. The standard InChI is InChI=1S/C24H27NO3S/c1-4-17(2)23(24(27)28-15-18-10-6-5-7-11-18)25(3)22(26)14-19-16-29-21-13-9-8-12-20(19)21/h5-13,16-17,23H,4,14-15H2,1-3H3. The number of hydrogen-bond donors (Lipinski definition) is 0. The zero-order chi connectivity index (χ0) is 20.8. The van der Waals surface area contributed by atoms with E-state index in [0.29, 0.717) is 0 Å². The lowest BCUT2D eigenvalue weighted by Gasteiger charge is -2.30. The lowest BCUT2D eigenvalue weighted by atomic mass is 9.97. The zero-order valence-corrected chi connectivity index (χ0v) is 17.9. The quantitative estimate of drug-likeness (QED) is 0.489. The minimum absolute atomic E-state index is 0.00597. The molecule has 2 unspecified atom stereocenters. The van der Waals surface area contributed by atoms with Crippen molar-refractivity contribution >= 4 is 33.3 Å². The summed E-state index contributed by atoms with van der Waals surface area (Å²) in [6, 6.07) is 17.1. The van der Waals surface area contributed by atoms with Gasteiger partial charge in [-0.3, -0.25) is 4.79 Å². The fraction of sp³-hybridized carbons (Fsp3) is 0.333. The summed E-state index contributed by atoms with van der Waals surface area (Å²) in [5.41, 5.74) is 1.94. The molecule has 0 radical (unpaired) electrons. The average Bonchev–Trinajstić information content (AvgIpc) is 3.15. The largest absolute Gasteiger partial charge is 0.459 e. The third kappa shape index (κ3) is 5.04. The number of benzene rings is 2. The molecule has 0 aliphatic carbocycles. The zero-order valence-electron chi connectivity index (χ0n) is 17.1. The highest BCUT2D eigenvalue weighted by Crippen LogP contribution is 2.27. The number of nitrogens with zero attached hydrogens (tertiary/aromatic N) is 1. The molecule has 0 saturated carbocycles. The molecular weight excluding hydrogens is 382 g/mol. The third-order valence-electron chi connectivity index (χ3n) is 5.36. The maximum Gasteiger partial charge on any atom is 0.329 e. The van der Waals surface area contributed by atoms with Crippen LogP contribution in [0.4, 0.5) is 0 Å². The maximum absolute atomic E-state index is 13.0. The van der Waals surface area contributed by atoms with Crippen molar-refractivity contribution in [3.8, 4) is 0 Å². The van der Waals surface area contributed by atoms with E-state index in [2.05, 4.69) is 6.07 Å². The number of rotatable bonds is 8. The lowest BCUT2D eigenvalue weighted by Crippen LogP contribution is -2.47.